The van der Waals surface area contributed by atoms with Gasteiger partial charge in [0, 0.05) is 37.3 Å². The quantitative estimate of drug-likeness (QED) is 0.720. The van der Waals surface area contributed by atoms with Crippen molar-refractivity contribution in [2.45, 2.75) is 17.9 Å². The lowest BCUT2D eigenvalue weighted by Gasteiger charge is -2.03. The first-order valence-electron chi connectivity index (χ1n) is 6.17. The lowest BCUT2D eigenvalue weighted by molar-refractivity contribution is 0.576. The standard InChI is InChI=1S/C11H17N5O2S2/c1-12-4-6-16-9-10(8-14-16)20(17,18)15-3-2-11-13-5-7-19-11/h5,7-9,12,15H,2-4,6H2,1H3. The largest absolute Gasteiger partial charge is 0.318 e. The predicted octanol–water partition coefficient (Wildman–Crippen LogP) is 0.0800. The van der Waals surface area contributed by atoms with E-state index in [1.54, 1.807) is 10.9 Å². The van der Waals surface area contributed by atoms with Crippen molar-refractivity contribution in [1.82, 2.24) is 24.8 Å². The highest BCUT2D eigenvalue weighted by molar-refractivity contribution is 7.89. The molecule has 0 aliphatic carbocycles. The summed E-state index contributed by atoms with van der Waals surface area (Å²) in [5.41, 5.74) is 0. The molecule has 20 heavy (non-hydrogen) atoms. The second-order valence-corrected chi connectivity index (χ2v) is 6.86. The maximum Gasteiger partial charge on any atom is 0.243 e. The van der Waals surface area contributed by atoms with Gasteiger partial charge < -0.3 is 5.32 Å². The molecule has 0 atom stereocenters. The molecule has 0 aliphatic rings. The van der Waals surface area contributed by atoms with Crippen molar-refractivity contribution < 1.29 is 8.42 Å². The van der Waals surface area contributed by atoms with E-state index in [2.05, 4.69) is 20.1 Å². The van der Waals surface area contributed by atoms with Crippen molar-refractivity contribution >= 4 is 21.4 Å². The maximum absolute atomic E-state index is 12.1. The van der Waals surface area contributed by atoms with Gasteiger partial charge in [0.05, 0.1) is 17.7 Å². The summed E-state index contributed by atoms with van der Waals surface area (Å²) in [6.45, 7) is 1.70. The van der Waals surface area contributed by atoms with Crippen LogP contribution in [0, 0.1) is 0 Å². The number of hydrogen-bond donors (Lipinski definition) is 2. The monoisotopic (exact) mass is 315 g/mol. The lowest BCUT2D eigenvalue weighted by atomic mass is 10.5. The Morgan fingerprint density at radius 2 is 2.25 bits per heavy atom. The minimum Gasteiger partial charge on any atom is -0.318 e. The van der Waals surface area contributed by atoms with Crippen LogP contribution in [0.15, 0.2) is 28.9 Å². The summed E-state index contributed by atoms with van der Waals surface area (Å²) < 4.78 is 28.3. The number of sulfonamides is 1. The van der Waals surface area contributed by atoms with Crippen molar-refractivity contribution in [3.05, 3.63) is 29.0 Å². The third-order valence-corrected chi connectivity index (χ3v) is 4.88. The molecule has 0 aromatic carbocycles. The van der Waals surface area contributed by atoms with E-state index in [0.717, 1.165) is 11.6 Å². The fourth-order valence-electron chi connectivity index (χ4n) is 1.58. The molecular weight excluding hydrogens is 298 g/mol. The highest BCUT2D eigenvalue weighted by Gasteiger charge is 2.15. The zero-order valence-electron chi connectivity index (χ0n) is 11.1. The maximum atomic E-state index is 12.1. The summed E-state index contributed by atoms with van der Waals surface area (Å²) >= 11 is 1.51. The molecule has 2 aromatic rings. The number of nitrogens with one attached hydrogen (secondary N) is 2. The minimum absolute atomic E-state index is 0.188. The molecule has 0 radical (unpaired) electrons. The van der Waals surface area contributed by atoms with Crippen LogP contribution in [0.1, 0.15) is 5.01 Å². The van der Waals surface area contributed by atoms with Gasteiger partial charge in [0.15, 0.2) is 0 Å². The number of thiazole rings is 1. The molecule has 9 heteroatoms. The Balaban J connectivity index is 1.90. The van der Waals surface area contributed by atoms with Crippen molar-refractivity contribution in [3.8, 4) is 0 Å². The third-order valence-electron chi connectivity index (χ3n) is 2.63. The van der Waals surface area contributed by atoms with Crippen LogP contribution in [0.25, 0.3) is 0 Å². The Labute approximate surface area is 122 Å². The third kappa shape index (κ3) is 4.10. The van der Waals surface area contributed by atoms with Crippen molar-refractivity contribution in [1.29, 1.82) is 0 Å². The summed E-state index contributed by atoms with van der Waals surface area (Å²) in [6.07, 6.45) is 5.19. The number of hydrogen-bond acceptors (Lipinski definition) is 6. The number of rotatable bonds is 8. The molecule has 2 rings (SSSR count). The summed E-state index contributed by atoms with van der Waals surface area (Å²) in [4.78, 5) is 4.29. The van der Waals surface area contributed by atoms with Crippen LogP contribution in [0.5, 0.6) is 0 Å². The van der Waals surface area contributed by atoms with Crippen LogP contribution >= 0.6 is 11.3 Å². The SMILES string of the molecule is CNCCn1cc(S(=O)(=O)NCCc2nccs2)cn1. The van der Waals surface area contributed by atoms with E-state index >= 15 is 0 Å². The molecule has 7 nitrogen and oxygen atoms in total. The molecule has 0 saturated heterocycles. The van der Waals surface area contributed by atoms with Gasteiger partial charge in [-0.2, -0.15) is 5.10 Å². The fraction of sp³-hybridized carbons (Fsp3) is 0.455. The van der Waals surface area contributed by atoms with Gasteiger partial charge in [0.1, 0.15) is 4.90 Å². The van der Waals surface area contributed by atoms with E-state index < -0.39 is 10.0 Å². The summed E-state index contributed by atoms with van der Waals surface area (Å²) in [7, 11) is -1.66. The molecule has 2 aromatic heterocycles. The van der Waals surface area contributed by atoms with Crippen LogP contribution in [-0.4, -0.2) is 43.3 Å². The number of aromatic nitrogens is 3. The zero-order valence-corrected chi connectivity index (χ0v) is 12.7. The first-order chi connectivity index (χ1) is 9.62. The van der Waals surface area contributed by atoms with Crippen LogP contribution < -0.4 is 10.0 Å². The highest BCUT2D eigenvalue weighted by Crippen LogP contribution is 2.08. The minimum atomic E-state index is -3.49. The fourth-order valence-corrected chi connectivity index (χ4v) is 3.19. The van der Waals surface area contributed by atoms with E-state index in [1.165, 1.54) is 23.7 Å². The van der Waals surface area contributed by atoms with Gasteiger partial charge in [-0.1, -0.05) is 0 Å². The van der Waals surface area contributed by atoms with Gasteiger partial charge in [0.25, 0.3) is 0 Å². The topological polar surface area (TPSA) is 88.9 Å². The zero-order chi connectivity index (χ0) is 14.4. The molecule has 0 spiro atoms. The van der Waals surface area contributed by atoms with Gasteiger partial charge in [-0.25, -0.2) is 18.1 Å². The average molecular weight is 315 g/mol. The van der Waals surface area contributed by atoms with E-state index in [1.807, 2.05) is 12.4 Å². The molecule has 0 amide bonds. The number of likely N-dealkylation sites (N-methyl/N-ethyl adjacent to an activating group) is 1. The molecule has 0 fully saturated rings. The second-order valence-electron chi connectivity index (χ2n) is 4.12. The Morgan fingerprint density at radius 1 is 1.40 bits per heavy atom. The molecule has 0 bridgehead atoms. The summed E-state index contributed by atoms with van der Waals surface area (Å²) in [5.74, 6) is 0. The molecule has 110 valence electrons. The molecule has 0 unspecified atom stereocenters. The van der Waals surface area contributed by atoms with Crippen molar-refractivity contribution in [2.75, 3.05) is 20.1 Å². The molecule has 2 N–H and O–H groups in total. The number of nitrogens with zero attached hydrogens (tertiary/aromatic N) is 3. The lowest BCUT2D eigenvalue weighted by Crippen LogP contribution is -2.25. The van der Waals surface area contributed by atoms with Crippen LogP contribution in [0.4, 0.5) is 0 Å². The van der Waals surface area contributed by atoms with E-state index in [9.17, 15) is 8.42 Å². The average Bonchev–Trinajstić information content (AvgIpc) is 3.07. The van der Waals surface area contributed by atoms with Crippen molar-refractivity contribution in [3.63, 3.8) is 0 Å². The van der Waals surface area contributed by atoms with Crippen molar-refractivity contribution in [2.24, 2.45) is 0 Å². The molecule has 2 heterocycles. The van der Waals surface area contributed by atoms with Crippen LogP contribution in [-0.2, 0) is 23.0 Å². The first-order valence-corrected chi connectivity index (χ1v) is 8.53. The normalized spacial score (nSPS) is 11.8. The Hall–Kier alpha value is -1.29. The molecule has 0 aliphatic heterocycles. The van der Waals surface area contributed by atoms with Crippen LogP contribution in [0.3, 0.4) is 0 Å². The van der Waals surface area contributed by atoms with Gasteiger partial charge >= 0.3 is 0 Å². The van der Waals surface area contributed by atoms with Gasteiger partial charge in [0.2, 0.25) is 10.0 Å². The van der Waals surface area contributed by atoms with E-state index in [4.69, 9.17) is 0 Å². The van der Waals surface area contributed by atoms with Crippen LogP contribution in [0.2, 0.25) is 0 Å². The Morgan fingerprint density at radius 3 is 2.95 bits per heavy atom. The van der Waals surface area contributed by atoms with E-state index in [0.29, 0.717) is 19.5 Å². The predicted molar refractivity (Wildman–Crippen MR) is 77.2 cm³/mol. The van der Waals surface area contributed by atoms with E-state index in [-0.39, 0.29) is 4.90 Å². The highest BCUT2D eigenvalue weighted by atomic mass is 32.2. The summed E-state index contributed by atoms with van der Waals surface area (Å²) in [5, 5.41) is 9.79. The van der Waals surface area contributed by atoms with Gasteiger partial charge in [-0.05, 0) is 7.05 Å². The van der Waals surface area contributed by atoms with Gasteiger partial charge in [-0.3, -0.25) is 4.68 Å². The smallest absolute Gasteiger partial charge is 0.243 e. The second kappa shape index (κ2) is 6.93. The van der Waals surface area contributed by atoms with Gasteiger partial charge in [-0.15, -0.1) is 11.3 Å². The Bertz CT molecular complexity index is 621. The molecular formula is C11H17N5O2S2. The summed E-state index contributed by atoms with van der Waals surface area (Å²) in [6, 6.07) is 0. The molecule has 0 saturated carbocycles. The first kappa shape index (κ1) is 15.1. The Kier molecular flexibility index (Phi) is 5.24.